The lowest BCUT2D eigenvalue weighted by Crippen LogP contribution is -2.29. The molecule has 0 radical (unpaired) electrons. The minimum absolute atomic E-state index is 0.238. The largest absolute Gasteiger partial charge is 0.311 e. The minimum Gasteiger partial charge on any atom is -0.311 e. The first-order chi connectivity index (χ1) is 17.0. The van der Waals surface area contributed by atoms with Gasteiger partial charge in [-0.25, -0.2) is 11.1 Å². The summed E-state index contributed by atoms with van der Waals surface area (Å²) in [6, 6.07) is 18.5. The van der Waals surface area contributed by atoms with Gasteiger partial charge in [0.1, 0.15) is 7.05 Å². The molecule has 3 aromatic heterocycles. The lowest BCUT2D eigenvalue weighted by atomic mass is 9.88. The van der Waals surface area contributed by atoms with Crippen LogP contribution in [0.15, 0.2) is 54.7 Å². The quantitative estimate of drug-likeness (QED) is 0.107. The van der Waals surface area contributed by atoms with Crippen LogP contribution in [0.4, 0.5) is 0 Å². The van der Waals surface area contributed by atoms with Crippen LogP contribution in [0.3, 0.4) is 0 Å². The second-order valence-electron chi connectivity index (χ2n) is 12.5. The van der Waals surface area contributed by atoms with E-state index in [1.807, 2.05) is 13.8 Å². The van der Waals surface area contributed by atoms with Gasteiger partial charge in [0.05, 0.1) is 33.7 Å². The molecular formula is C33H34N3+. The highest BCUT2D eigenvalue weighted by Gasteiger charge is 2.27. The van der Waals surface area contributed by atoms with Gasteiger partial charge < -0.3 is 9.25 Å². The van der Waals surface area contributed by atoms with Crippen molar-refractivity contribution >= 4 is 49.0 Å². The average Bonchev–Trinajstić information content (AvgIpc) is 3.12. The Balaban J connectivity index is 1.83. The Bertz CT molecular complexity index is 1870. The number of fused-ring (bicyclic) bond motifs is 5. The molecule has 0 aliphatic carbocycles. The molecule has 0 saturated heterocycles. The van der Waals surface area contributed by atoms with Crippen LogP contribution < -0.4 is 4.57 Å². The van der Waals surface area contributed by atoms with Crippen molar-refractivity contribution in [3.63, 3.8) is 0 Å². The maximum Gasteiger partial charge on any atom is 0.231 e. The van der Waals surface area contributed by atoms with E-state index < -0.39 is 5.54 Å². The Hall–Kier alpha value is -3.64. The summed E-state index contributed by atoms with van der Waals surface area (Å²) in [5.74, 6) is 0. The van der Waals surface area contributed by atoms with Crippen LogP contribution in [0, 0.1) is 18.9 Å². The predicted octanol–water partition coefficient (Wildman–Crippen LogP) is 7.95. The molecule has 0 saturated carbocycles. The number of nitrogens with zero attached hydrogens (tertiary/aromatic N) is 3. The molecule has 6 aromatic rings. The highest BCUT2D eigenvalue weighted by atomic mass is 15.0. The van der Waals surface area contributed by atoms with E-state index in [0.717, 1.165) is 12.8 Å². The third kappa shape index (κ3) is 3.35. The smallest absolute Gasteiger partial charge is 0.231 e. The Morgan fingerprint density at radius 2 is 1.61 bits per heavy atom. The van der Waals surface area contributed by atoms with Crippen molar-refractivity contribution in [3.05, 3.63) is 82.8 Å². The molecule has 3 heteroatoms. The van der Waals surface area contributed by atoms with Crippen molar-refractivity contribution in [1.82, 2.24) is 4.40 Å². The molecule has 0 aliphatic heterocycles. The van der Waals surface area contributed by atoms with Crippen molar-refractivity contribution in [1.29, 1.82) is 0 Å². The van der Waals surface area contributed by atoms with Crippen LogP contribution >= 0.6 is 0 Å². The van der Waals surface area contributed by atoms with E-state index in [0.29, 0.717) is 0 Å². The fourth-order valence-corrected chi connectivity index (χ4v) is 6.19. The highest BCUT2D eigenvalue weighted by molar-refractivity contribution is 6.25. The van der Waals surface area contributed by atoms with Gasteiger partial charge >= 0.3 is 0 Å². The number of hydrogen-bond donors (Lipinski definition) is 0. The van der Waals surface area contributed by atoms with Gasteiger partial charge in [0.15, 0.2) is 6.20 Å². The van der Waals surface area contributed by atoms with Crippen LogP contribution in [0.25, 0.3) is 53.8 Å². The molecule has 0 unspecified atom stereocenters. The van der Waals surface area contributed by atoms with Gasteiger partial charge in [-0.3, -0.25) is 0 Å². The molecule has 0 aliphatic rings. The Morgan fingerprint density at radius 3 is 2.33 bits per heavy atom. The Labute approximate surface area is 213 Å². The molecular weight excluding hydrogens is 438 g/mol. The van der Waals surface area contributed by atoms with Gasteiger partial charge in [-0.15, -0.1) is 0 Å². The number of pyridine rings is 2. The summed E-state index contributed by atoms with van der Waals surface area (Å²) in [5, 5.41) is 6.50. The minimum atomic E-state index is -0.429. The van der Waals surface area contributed by atoms with Gasteiger partial charge in [-0.05, 0) is 59.0 Å². The normalized spacial score (nSPS) is 13.1. The molecule has 36 heavy (non-hydrogen) atoms. The van der Waals surface area contributed by atoms with E-state index in [2.05, 4.69) is 103 Å². The second kappa shape index (κ2) is 7.43. The fourth-order valence-electron chi connectivity index (χ4n) is 6.19. The summed E-state index contributed by atoms with van der Waals surface area (Å²) >= 11 is 0. The summed E-state index contributed by atoms with van der Waals surface area (Å²) in [6.45, 7) is 20.9. The monoisotopic (exact) mass is 472 g/mol. The lowest BCUT2D eigenvalue weighted by molar-refractivity contribution is -0.643. The lowest BCUT2D eigenvalue weighted by Gasteiger charge is -2.18. The molecule has 0 amide bonds. The zero-order valence-corrected chi connectivity index (χ0v) is 22.5. The average molecular weight is 473 g/mol. The molecule has 0 fully saturated rings. The van der Waals surface area contributed by atoms with E-state index in [9.17, 15) is 0 Å². The number of aryl methyl sites for hydroxylation is 2. The summed E-state index contributed by atoms with van der Waals surface area (Å²) in [5.41, 5.74) is 8.79. The van der Waals surface area contributed by atoms with Crippen LogP contribution in [-0.2, 0) is 19.9 Å². The Kier molecular flexibility index (Phi) is 4.71. The molecule has 3 nitrogen and oxygen atoms in total. The first kappa shape index (κ1) is 22.8. The third-order valence-corrected chi connectivity index (χ3v) is 7.63. The summed E-state index contributed by atoms with van der Waals surface area (Å²) in [4.78, 5) is 3.90. The van der Waals surface area contributed by atoms with Gasteiger partial charge in [0.2, 0.25) is 11.1 Å². The van der Waals surface area contributed by atoms with Gasteiger partial charge in [0, 0.05) is 30.7 Å². The summed E-state index contributed by atoms with van der Waals surface area (Å²) < 4.78 is 4.78. The fraction of sp³-hybridized carbons (Fsp3) is 0.333. The number of hydrogen-bond acceptors (Lipinski definition) is 0. The van der Waals surface area contributed by atoms with E-state index in [4.69, 9.17) is 6.57 Å². The molecule has 3 heterocycles. The zero-order chi connectivity index (χ0) is 25.6. The molecule has 0 bridgehead atoms. The van der Waals surface area contributed by atoms with Crippen LogP contribution in [0.5, 0.6) is 0 Å². The molecule has 0 N–H and O–H groups in total. The number of aromatic nitrogens is 2. The number of rotatable bonds is 3. The van der Waals surface area contributed by atoms with Crippen LogP contribution in [-0.4, -0.2) is 9.94 Å². The topological polar surface area (TPSA) is 12.7 Å². The molecule has 6 rings (SSSR count). The number of benzene rings is 3. The van der Waals surface area contributed by atoms with Crippen molar-refractivity contribution in [2.24, 2.45) is 12.5 Å². The van der Waals surface area contributed by atoms with E-state index in [1.165, 1.54) is 65.7 Å². The molecule has 180 valence electrons. The predicted molar refractivity (Wildman–Crippen MR) is 152 cm³/mol. The zero-order valence-electron chi connectivity index (χ0n) is 22.5. The van der Waals surface area contributed by atoms with E-state index in [-0.39, 0.29) is 5.41 Å². The summed E-state index contributed by atoms with van der Waals surface area (Å²) in [6.07, 6.45) is 3.97. The molecule has 0 atom stereocenters. The van der Waals surface area contributed by atoms with Gasteiger partial charge in [0.25, 0.3) is 0 Å². The second-order valence-corrected chi connectivity index (χ2v) is 12.5. The van der Waals surface area contributed by atoms with Crippen molar-refractivity contribution < 1.29 is 4.57 Å². The van der Waals surface area contributed by atoms with Crippen molar-refractivity contribution in [2.45, 2.75) is 59.9 Å². The Morgan fingerprint density at radius 1 is 0.833 bits per heavy atom. The SMILES string of the molecule is [C-]#[N+]C(C)(C)Cc1cc2cc[n+](C)c3c4c(C)ccc5c6cc(CC(C)(C)C)ccc6n(c(c1)c23)c54. The summed E-state index contributed by atoms with van der Waals surface area (Å²) in [7, 11) is 2.16. The third-order valence-electron chi connectivity index (χ3n) is 7.63. The van der Waals surface area contributed by atoms with Gasteiger partial charge in [-0.1, -0.05) is 45.0 Å². The molecule has 3 aromatic carbocycles. The highest BCUT2D eigenvalue weighted by Crippen LogP contribution is 2.41. The first-order valence-electron chi connectivity index (χ1n) is 12.9. The van der Waals surface area contributed by atoms with E-state index >= 15 is 0 Å². The first-order valence-corrected chi connectivity index (χ1v) is 12.9. The van der Waals surface area contributed by atoms with Crippen LogP contribution in [0.2, 0.25) is 0 Å². The van der Waals surface area contributed by atoms with Crippen LogP contribution in [0.1, 0.15) is 51.3 Å². The standard InChI is InChI=1S/C33H34N3/c1-20-9-11-24-25-16-21(18-32(2,3)4)10-12-26(25)36-27-17-22(19-33(5,6)34-7)15-23-13-14-35(8)31(29(23)27)28(20)30(24)36/h9-17H,18-19H2,1-6,8H3/q+1. The van der Waals surface area contributed by atoms with Gasteiger partial charge in [-0.2, -0.15) is 0 Å². The molecule has 0 spiro atoms. The van der Waals surface area contributed by atoms with Crippen molar-refractivity contribution in [3.8, 4) is 0 Å². The maximum absolute atomic E-state index is 7.68. The maximum atomic E-state index is 7.68. The van der Waals surface area contributed by atoms with Crippen molar-refractivity contribution in [2.75, 3.05) is 0 Å². The van der Waals surface area contributed by atoms with E-state index in [1.54, 1.807) is 0 Å².